The van der Waals surface area contributed by atoms with Gasteiger partial charge in [-0.1, -0.05) is 30.3 Å². The van der Waals surface area contributed by atoms with E-state index < -0.39 is 0 Å². The minimum Gasteiger partial charge on any atom is -0.378 e. The molecule has 34 heavy (non-hydrogen) atoms. The standard InChI is InChI=1S/C26H37N5O3/c1-29-25(32)18-23(19-28-29)31-15-8-22(9-16-31)26(33)27-12-5-17-34-24-10-13-30(14-11-24)20-21-6-3-2-4-7-21/h2-4,6-7,18-19,22,24H,5,8-17,20H2,1H3,(H,27,33). The van der Waals surface area contributed by atoms with E-state index in [9.17, 15) is 9.59 Å². The van der Waals surface area contributed by atoms with Gasteiger partial charge in [0.25, 0.3) is 5.56 Å². The largest absolute Gasteiger partial charge is 0.378 e. The van der Waals surface area contributed by atoms with E-state index in [0.29, 0.717) is 19.3 Å². The number of likely N-dealkylation sites (tertiary alicyclic amines) is 1. The van der Waals surface area contributed by atoms with Gasteiger partial charge in [-0.2, -0.15) is 5.10 Å². The van der Waals surface area contributed by atoms with E-state index in [2.05, 4.69) is 50.5 Å². The highest BCUT2D eigenvalue weighted by molar-refractivity contribution is 5.78. The maximum absolute atomic E-state index is 12.5. The van der Waals surface area contributed by atoms with Crippen LogP contribution in [0.4, 0.5) is 5.69 Å². The van der Waals surface area contributed by atoms with Crippen LogP contribution in [0.5, 0.6) is 0 Å². The van der Waals surface area contributed by atoms with Gasteiger partial charge in [0, 0.05) is 64.9 Å². The van der Waals surface area contributed by atoms with Gasteiger partial charge in [-0.05, 0) is 37.7 Å². The zero-order chi connectivity index (χ0) is 23.8. The summed E-state index contributed by atoms with van der Waals surface area (Å²) >= 11 is 0. The molecule has 0 bridgehead atoms. The Morgan fingerprint density at radius 3 is 2.53 bits per heavy atom. The number of carbonyl (C=O) groups is 1. The van der Waals surface area contributed by atoms with Gasteiger partial charge in [0.05, 0.1) is 18.0 Å². The molecule has 0 aliphatic carbocycles. The zero-order valence-electron chi connectivity index (χ0n) is 20.2. The Balaban J connectivity index is 1.06. The van der Waals surface area contributed by atoms with Crippen LogP contribution in [0.2, 0.25) is 0 Å². The summed E-state index contributed by atoms with van der Waals surface area (Å²) in [5.41, 5.74) is 2.09. The summed E-state index contributed by atoms with van der Waals surface area (Å²) in [6.07, 6.45) is 6.61. The molecule has 8 heteroatoms. The van der Waals surface area contributed by atoms with Gasteiger partial charge in [0.15, 0.2) is 0 Å². The van der Waals surface area contributed by atoms with Crippen molar-refractivity contribution in [3.05, 3.63) is 58.5 Å². The van der Waals surface area contributed by atoms with Crippen LogP contribution in [0.3, 0.4) is 0 Å². The number of anilines is 1. The van der Waals surface area contributed by atoms with Crippen LogP contribution in [-0.4, -0.2) is 66.0 Å². The van der Waals surface area contributed by atoms with Gasteiger partial charge in [0.2, 0.25) is 5.91 Å². The Kier molecular flexibility index (Phi) is 8.71. The zero-order valence-corrected chi connectivity index (χ0v) is 20.2. The molecule has 1 aromatic carbocycles. The van der Waals surface area contributed by atoms with Crippen molar-refractivity contribution in [1.82, 2.24) is 20.0 Å². The third-order valence-electron chi connectivity index (χ3n) is 6.94. The van der Waals surface area contributed by atoms with Gasteiger partial charge >= 0.3 is 0 Å². The van der Waals surface area contributed by atoms with Crippen LogP contribution in [0, 0.1) is 5.92 Å². The second-order valence-electron chi connectivity index (χ2n) is 9.41. The first-order valence-electron chi connectivity index (χ1n) is 12.5. The van der Waals surface area contributed by atoms with Crippen molar-refractivity contribution >= 4 is 11.6 Å². The highest BCUT2D eigenvalue weighted by Crippen LogP contribution is 2.22. The van der Waals surface area contributed by atoms with Crippen LogP contribution < -0.4 is 15.8 Å². The molecule has 2 fully saturated rings. The minimum absolute atomic E-state index is 0.0330. The van der Waals surface area contributed by atoms with Crippen LogP contribution in [0.15, 0.2) is 47.4 Å². The lowest BCUT2D eigenvalue weighted by atomic mass is 9.95. The maximum Gasteiger partial charge on any atom is 0.268 e. The van der Waals surface area contributed by atoms with Gasteiger partial charge < -0.3 is 15.0 Å². The molecule has 0 radical (unpaired) electrons. The van der Waals surface area contributed by atoms with E-state index in [0.717, 1.165) is 70.5 Å². The average molecular weight is 468 g/mol. The Bertz CT molecular complexity index is 964. The molecule has 2 saturated heterocycles. The van der Waals surface area contributed by atoms with Crippen molar-refractivity contribution in [2.75, 3.05) is 44.2 Å². The molecule has 0 atom stereocenters. The summed E-state index contributed by atoms with van der Waals surface area (Å²) in [5, 5.41) is 7.17. The Morgan fingerprint density at radius 1 is 1.09 bits per heavy atom. The lowest BCUT2D eigenvalue weighted by molar-refractivity contribution is -0.125. The molecule has 2 aliphatic rings. The number of carbonyl (C=O) groups excluding carboxylic acids is 1. The summed E-state index contributed by atoms with van der Waals surface area (Å²) in [4.78, 5) is 29.0. The number of amides is 1. The van der Waals surface area contributed by atoms with E-state index >= 15 is 0 Å². The molecule has 184 valence electrons. The normalized spacial score (nSPS) is 18.2. The molecule has 4 rings (SSSR count). The van der Waals surface area contributed by atoms with Gasteiger partial charge in [-0.3, -0.25) is 14.5 Å². The summed E-state index contributed by atoms with van der Waals surface area (Å²) in [7, 11) is 1.64. The fourth-order valence-electron chi connectivity index (χ4n) is 4.79. The molecule has 1 aromatic heterocycles. The predicted molar refractivity (Wildman–Crippen MR) is 133 cm³/mol. The topological polar surface area (TPSA) is 79.7 Å². The molecule has 2 aliphatic heterocycles. The van der Waals surface area contributed by atoms with Crippen LogP contribution >= 0.6 is 0 Å². The van der Waals surface area contributed by atoms with Crippen molar-refractivity contribution in [1.29, 1.82) is 0 Å². The van der Waals surface area contributed by atoms with Crippen LogP contribution in [0.25, 0.3) is 0 Å². The fourth-order valence-corrected chi connectivity index (χ4v) is 4.79. The highest BCUT2D eigenvalue weighted by Gasteiger charge is 2.25. The Hall–Kier alpha value is -2.71. The number of hydrogen-bond acceptors (Lipinski definition) is 6. The van der Waals surface area contributed by atoms with E-state index in [1.807, 2.05) is 0 Å². The predicted octanol–water partition coefficient (Wildman–Crippen LogP) is 2.18. The number of hydrogen-bond donors (Lipinski definition) is 1. The molecule has 3 heterocycles. The number of piperidine rings is 2. The second kappa shape index (κ2) is 12.1. The lowest BCUT2D eigenvalue weighted by Gasteiger charge is -2.32. The molecular formula is C26H37N5O3. The number of nitrogens with zero attached hydrogens (tertiary/aromatic N) is 4. The number of rotatable bonds is 9. The minimum atomic E-state index is -0.114. The molecule has 2 aromatic rings. The van der Waals surface area contributed by atoms with E-state index in [1.54, 1.807) is 19.3 Å². The van der Waals surface area contributed by atoms with Crippen LogP contribution in [-0.2, 0) is 23.1 Å². The van der Waals surface area contributed by atoms with Gasteiger partial charge in [0.1, 0.15) is 0 Å². The number of aromatic nitrogens is 2. The lowest BCUT2D eigenvalue weighted by Crippen LogP contribution is -2.41. The Morgan fingerprint density at radius 2 is 1.82 bits per heavy atom. The molecule has 0 spiro atoms. The first-order valence-corrected chi connectivity index (χ1v) is 12.5. The first kappa shape index (κ1) is 24.4. The summed E-state index contributed by atoms with van der Waals surface area (Å²) in [5.74, 6) is 0.168. The molecular weight excluding hydrogens is 430 g/mol. The maximum atomic E-state index is 12.5. The van der Waals surface area contributed by atoms with E-state index in [4.69, 9.17) is 4.74 Å². The third kappa shape index (κ3) is 6.90. The summed E-state index contributed by atoms with van der Waals surface area (Å²) in [6, 6.07) is 12.2. The smallest absolute Gasteiger partial charge is 0.268 e. The monoisotopic (exact) mass is 467 g/mol. The fraction of sp³-hybridized carbons (Fsp3) is 0.577. The quantitative estimate of drug-likeness (QED) is 0.570. The number of aryl methyl sites for hydroxylation is 1. The number of nitrogens with one attached hydrogen (secondary N) is 1. The molecule has 8 nitrogen and oxygen atoms in total. The van der Waals surface area contributed by atoms with Gasteiger partial charge in [-0.25, -0.2) is 4.68 Å². The third-order valence-corrected chi connectivity index (χ3v) is 6.94. The number of benzene rings is 1. The summed E-state index contributed by atoms with van der Waals surface area (Å²) < 4.78 is 7.39. The summed E-state index contributed by atoms with van der Waals surface area (Å²) in [6.45, 7) is 6.03. The second-order valence-corrected chi connectivity index (χ2v) is 9.41. The average Bonchev–Trinajstić information content (AvgIpc) is 2.87. The van der Waals surface area contributed by atoms with Crippen LogP contribution in [0.1, 0.15) is 37.7 Å². The number of ether oxygens (including phenoxy) is 1. The van der Waals surface area contributed by atoms with Crippen molar-refractivity contribution in [3.63, 3.8) is 0 Å². The van der Waals surface area contributed by atoms with Crippen molar-refractivity contribution in [2.45, 2.75) is 44.8 Å². The van der Waals surface area contributed by atoms with Crippen molar-refractivity contribution in [3.8, 4) is 0 Å². The Labute approximate surface area is 201 Å². The molecule has 0 unspecified atom stereocenters. The molecule has 0 saturated carbocycles. The SMILES string of the molecule is Cn1ncc(N2CCC(C(=O)NCCCOC3CCN(Cc4ccccc4)CC3)CC2)cc1=O. The highest BCUT2D eigenvalue weighted by atomic mass is 16.5. The van der Waals surface area contributed by atoms with Crippen molar-refractivity contribution < 1.29 is 9.53 Å². The van der Waals surface area contributed by atoms with Crippen molar-refractivity contribution in [2.24, 2.45) is 13.0 Å². The first-order chi connectivity index (χ1) is 16.6. The molecule has 1 N–H and O–H groups in total. The van der Waals surface area contributed by atoms with E-state index in [-0.39, 0.29) is 17.4 Å². The molecule has 1 amide bonds. The van der Waals surface area contributed by atoms with E-state index in [1.165, 1.54) is 10.2 Å². The van der Waals surface area contributed by atoms with Gasteiger partial charge in [-0.15, -0.1) is 0 Å².